The van der Waals surface area contributed by atoms with Crippen LogP contribution in [-0.4, -0.2) is 45.1 Å². The second-order valence-corrected chi connectivity index (χ2v) is 8.05. The highest BCUT2D eigenvalue weighted by molar-refractivity contribution is 7.88. The molecule has 0 saturated carbocycles. The minimum Gasteiger partial charge on any atom is -0.497 e. The van der Waals surface area contributed by atoms with E-state index in [0.29, 0.717) is 17.7 Å². The number of benzene rings is 2. The molecule has 1 amide bonds. The van der Waals surface area contributed by atoms with Gasteiger partial charge in [-0.3, -0.25) is 4.79 Å². The van der Waals surface area contributed by atoms with Crippen LogP contribution >= 0.6 is 0 Å². The van der Waals surface area contributed by atoms with Gasteiger partial charge in [0.1, 0.15) is 11.6 Å². The van der Waals surface area contributed by atoms with Crippen molar-refractivity contribution in [3.05, 3.63) is 65.5 Å². The van der Waals surface area contributed by atoms with Crippen molar-refractivity contribution in [3.63, 3.8) is 0 Å². The van der Waals surface area contributed by atoms with Crippen LogP contribution in [0.4, 0.5) is 4.39 Å². The predicted octanol–water partition coefficient (Wildman–Crippen LogP) is 1.95. The van der Waals surface area contributed by atoms with E-state index in [-0.39, 0.29) is 19.6 Å². The van der Waals surface area contributed by atoms with Crippen molar-refractivity contribution in [3.8, 4) is 5.75 Å². The molecule has 0 fully saturated rings. The van der Waals surface area contributed by atoms with Crippen LogP contribution < -0.4 is 10.1 Å². The Morgan fingerprint density at radius 2 is 1.93 bits per heavy atom. The van der Waals surface area contributed by atoms with Crippen LogP contribution in [0.15, 0.2) is 48.5 Å². The molecule has 2 aromatic rings. The van der Waals surface area contributed by atoms with E-state index in [0.717, 1.165) is 16.1 Å². The van der Waals surface area contributed by atoms with Gasteiger partial charge in [0.05, 0.1) is 19.9 Å². The van der Waals surface area contributed by atoms with Crippen LogP contribution in [0.2, 0.25) is 0 Å². The number of amides is 1. The zero-order chi connectivity index (χ0) is 19.9. The lowest BCUT2D eigenvalue weighted by Gasteiger charge is -2.19. The molecule has 8 heteroatoms. The lowest BCUT2D eigenvalue weighted by molar-refractivity contribution is -0.121. The van der Waals surface area contributed by atoms with Crippen molar-refractivity contribution < 1.29 is 22.3 Å². The van der Waals surface area contributed by atoms with E-state index in [1.54, 1.807) is 31.4 Å². The summed E-state index contributed by atoms with van der Waals surface area (Å²) >= 11 is 0. The summed E-state index contributed by atoms with van der Waals surface area (Å²) in [7, 11) is -2.01. The van der Waals surface area contributed by atoms with E-state index in [4.69, 9.17) is 4.74 Å². The van der Waals surface area contributed by atoms with E-state index in [1.807, 2.05) is 18.2 Å². The second-order valence-electron chi connectivity index (χ2n) is 6.07. The van der Waals surface area contributed by atoms with E-state index in [1.165, 1.54) is 6.07 Å². The van der Waals surface area contributed by atoms with E-state index >= 15 is 0 Å². The Morgan fingerprint density at radius 1 is 1.19 bits per heavy atom. The van der Waals surface area contributed by atoms with Crippen LogP contribution in [0.3, 0.4) is 0 Å². The van der Waals surface area contributed by atoms with E-state index in [2.05, 4.69) is 5.32 Å². The summed E-state index contributed by atoms with van der Waals surface area (Å²) in [4.78, 5) is 12.1. The van der Waals surface area contributed by atoms with Gasteiger partial charge in [0.2, 0.25) is 15.9 Å². The number of carbonyl (C=O) groups is 1. The van der Waals surface area contributed by atoms with E-state index in [9.17, 15) is 17.6 Å². The second kappa shape index (κ2) is 9.48. The number of carbonyl (C=O) groups excluding carboxylic acids is 1. The number of hydrogen-bond acceptors (Lipinski definition) is 4. The molecule has 0 heterocycles. The minimum absolute atomic E-state index is 0.000999. The molecule has 0 unspecified atom stereocenters. The van der Waals surface area contributed by atoms with Crippen LogP contribution in [0.5, 0.6) is 5.75 Å². The van der Waals surface area contributed by atoms with Crippen LogP contribution in [-0.2, 0) is 27.8 Å². The number of methoxy groups -OCH3 is 1. The first-order valence-electron chi connectivity index (χ1n) is 8.38. The van der Waals surface area contributed by atoms with Crippen molar-refractivity contribution >= 4 is 15.9 Å². The molecule has 0 aromatic heterocycles. The molecule has 6 nitrogen and oxygen atoms in total. The summed E-state index contributed by atoms with van der Waals surface area (Å²) in [6.45, 7) is -0.171. The Hall–Kier alpha value is -2.45. The lowest BCUT2D eigenvalue weighted by Crippen LogP contribution is -2.41. The number of hydrogen-bond donors (Lipinski definition) is 1. The summed E-state index contributed by atoms with van der Waals surface area (Å²) in [6.07, 6.45) is 1.49. The topological polar surface area (TPSA) is 75.7 Å². The largest absolute Gasteiger partial charge is 0.497 e. The van der Waals surface area contributed by atoms with Crippen molar-refractivity contribution in [1.82, 2.24) is 9.62 Å². The van der Waals surface area contributed by atoms with Crippen molar-refractivity contribution in [2.24, 2.45) is 0 Å². The number of sulfonamides is 1. The molecular weight excluding hydrogens is 371 g/mol. The fourth-order valence-corrected chi connectivity index (χ4v) is 3.27. The third-order valence-corrected chi connectivity index (χ3v) is 5.26. The van der Waals surface area contributed by atoms with Gasteiger partial charge in [0.25, 0.3) is 0 Å². The SMILES string of the molecule is COc1cccc(CCN(CC(=O)NCc2ccccc2F)S(C)(=O)=O)c1. The Balaban J connectivity index is 1.95. The van der Waals surface area contributed by atoms with Gasteiger partial charge in [-0.1, -0.05) is 30.3 Å². The monoisotopic (exact) mass is 394 g/mol. The number of nitrogens with zero attached hydrogens (tertiary/aromatic N) is 1. The fourth-order valence-electron chi connectivity index (χ4n) is 2.50. The molecule has 0 spiro atoms. The zero-order valence-corrected chi connectivity index (χ0v) is 16.1. The van der Waals surface area contributed by atoms with Crippen LogP contribution in [0.1, 0.15) is 11.1 Å². The highest BCUT2D eigenvalue weighted by Gasteiger charge is 2.20. The molecule has 146 valence electrons. The molecule has 0 saturated heterocycles. The summed E-state index contributed by atoms with van der Waals surface area (Å²) in [5, 5.41) is 2.55. The van der Waals surface area contributed by atoms with Gasteiger partial charge in [-0.15, -0.1) is 0 Å². The average Bonchev–Trinajstić information content (AvgIpc) is 2.63. The summed E-state index contributed by atoms with van der Waals surface area (Å²) in [5.74, 6) is -0.230. The maximum Gasteiger partial charge on any atom is 0.235 e. The van der Waals surface area contributed by atoms with E-state index < -0.39 is 21.7 Å². The quantitative estimate of drug-likeness (QED) is 0.705. The fraction of sp³-hybridized carbons (Fsp3) is 0.316. The molecule has 2 aromatic carbocycles. The Bertz CT molecular complexity index is 887. The first-order valence-corrected chi connectivity index (χ1v) is 10.2. The summed E-state index contributed by atoms with van der Waals surface area (Å²) < 4.78 is 43.8. The number of rotatable bonds is 9. The summed E-state index contributed by atoms with van der Waals surface area (Å²) in [6, 6.07) is 13.4. The molecule has 0 aliphatic heterocycles. The van der Waals surface area contributed by atoms with Crippen LogP contribution in [0.25, 0.3) is 0 Å². The smallest absolute Gasteiger partial charge is 0.235 e. The molecule has 0 radical (unpaired) electrons. The molecule has 27 heavy (non-hydrogen) atoms. The highest BCUT2D eigenvalue weighted by Crippen LogP contribution is 2.14. The molecule has 0 aliphatic carbocycles. The molecule has 0 aliphatic rings. The van der Waals surface area contributed by atoms with Gasteiger partial charge in [0.15, 0.2) is 0 Å². The summed E-state index contributed by atoms with van der Waals surface area (Å²) in [5.41, 5.74) is 1.24. The average molecular weight is 394 g/mol. The highest BCUT2D eigenvalue weighted by atomic mass is 32.2. The minimum atomic E-state index is -3.57. The predicted molar refractivity (Wildman–Crippen MR) is 101 cm³/mol. The normalized spacial score (nSPS) is 11.4. The third kappa shape index (κ3) is 6.65. The maximum absolute atomic E-state index is 13.6. The van der Waals surface area contributed by atoms with Gasteiger partial charge in [-0.05, 0) is 30.2 Å². The Labute approximate surface area is 159 Å². The molecule has 0 atom stereocenters. The van der Waals surface area contributed by atoms with Gasteiger partial charge in [0, 0.05) is 18.7 Å². The van der Waals surface area contributed by atoms with Crippen molar-refractivity contribution in [1.29, 1.82) is 0 Å². The molecule has 1 N–H and O–H groups in total. The Morgan fingerprint density at radius 3 is 2.59 bits per heavy atom. The zero-order valence-electron chi connectivity index (χ0n) is 15.3. The van der Waals surface area contributed by atoms with Gasteiger partial charge < -0.3 is 10.1 Å². The first kappa shape index (κ1) is 20.9. The maximum atomic E-state index is 13.6. The standard InChI is InChI=1S/C19H23FN2O4S/c1-26-17-8-5-6-15(12-17)10-11-22(27(2,24)25)14-19(23)21-13-16-7-3-4-9-18(16)20/h3-9,12H,10-11,13-14H2,1-2H3,(H,21,23). The van der Waals surface area contributed by atoms with Crippen molar-refractivity contribution in [2.45, 2.75) is 13.0 Å². The first-order chi connectivity index (χ1) is 12.8. The van der Waals surface area contributed by atoms with Gasteiger partial charge in [-0.2, -0.15) is 4.31 Å². The number of halogens is 1. The van der Waals surface area contributed by atoms with Crippen LogP contribution in [0, 0.1) is 5.82 Å². The number of ether oxygens (including phenoxy) is 1. The van der Waals surface area contributed by atoms with Gasteiger partial charge >= 0.3 is 0 Å². The third-order valence-electron chi connectivity index (χ3n) is 4.01. The Kier molecular flexibility index (Phi) is 7.32. The van der Waals surface area contributed by atoms with Gasteiger partial charge in [-0.25, -0.2) is 12.8 Å². The van der Waals surface area contributed by atoms with Crippen molar-refractivity contribution in [2.75, 3.05) is 26.5 Å². The molecule has 2 rings (SSSR count). The molecular formula is C19H23FN2O4S. The molecule has 0 bridgehead atoms. The lowest BCUT2D eigenvalue weighted by atomic mass is 10.1. The number of nitrogens with one attached hydrogen (secondary N) is 1.